The van der Waals surface area contributed by atoms with Crippen LogP contribution in [0, 0.1) is 0 Å². The topological polar surface area (TPSA) is 71.0 Å². The number of aromatic nitrogens is 3. The van der Waals surface area contributed by atoms with Crippen LogP contribution in [0.15, 0.2) is 36.4 Å². The van der Waals surface area contributed by atoms with Crippen molar-refractivity contribution in [3.8, 4) is 17.2 Å². The number of nitrogens with one attached hydrogen (secondary N) is 1. The van der Waals surface area contributed by atoms with Crippen LogP contribution in [0.1, 0.15) is 57.4 Å². The van der Waals surface area contributed by atoms with Crippen molar-refractivity contribution in [2.24, 2.45) is 0 Å². The summed E-state index contributed by atoms with van der Waals surface area (Å²) < 4.78 is 6.17. The molecular weight excluding hydrogens is 314 g/mol. The fourth-order valence-corrected chi connectivity index (χ4v) is 3.26. The van der Waals surface area contributed by atoms with E-state index in [-0.39, 0.29) is 11.7 Å². The molecule has 0 aliphatic heterocycles. The van der Waals surface area contributed by atoms with Gasteiger partial charge in [0.1, 0.15) is 17.0 Å². The third kappa shape index (κ3) is 3.76. The molecule has 5 nitrogen and oxygen atoms in total. The Morgan fingerprint density at radius 3 is 2.64 bits per heavy atom. The number of ether oxygens (including phenoxy) is 1. The summed E-state index contributed by atoms with van der Waals surface area (Å²) in [5.74, 6) is 1.79. The number of aromatic hydroxyl groups is 1. The van der Waals surface area contributed by atoms with Crippen LogP contribution in [0.2, 0.25) is 0 Å². The maximum absolute atomic E-state index is 10.7. The number of benzene rings is 2. The van der Waals surface area contributed by atoms with Crippen molar-refractivity contribution in [3.05, 3.63) is 42.0 Å². The maximum Gasteiger partial charge on any atom is 0.164 e. The van der Waals surface area contributed by atoms with Crippen molar-refractivity contribution in [2.45, 2.75) is 51.9 Å². The van der Waals surface area contributed by atoms with Crippen molar-refractivity contribution in [1.82, 2.24) is 15.4 Å². The first-order valence-corrected chi connectivity index (χ1v) is 9.03. The van der Waals surface area contributed by atoms with E-state index in [0.717, 1.165) is 30.6 Å². The van der Waals surface area contributed by atoms with E-state index in [1.165, 1.54) is 12.8 Å². The summed E-state index contributed by atoms with van der Waals surface area (Å²) in [6.07, 6.45) is 5.46. The van der Waals surface area contributed by atoms with Crippen LogP contribution in [0.4, 0.5) is 0 Å². The second-order valence-corrected chi connectivity index (χ2v) is 6.35. The molecule has 0 amide bonds. The lowest BCUT2D eigenvalue weighted by atomic mass is 9.89. The first-order valence-electron chi connectivity index (χ1n) is 9.03. The molecule has 0 saturated heterocycles. The van der Waals surface area contributed by atoms with E-state index in [0.29, 0.717) is 16.8 Å². The van der Waals surface area contributed by atoms with E-state index in [1.54, 1.807) is 6.07 Å². The molecular formula is C20H25N3O2. The van der Waals surface area contributed by atoms with Crippen LogP contribution in [0.5, 0.6) is 17.2 Å². The van der Waals surface area contributed by atoms with Gasteiger partial charge in [0.05, 0.1) is 0 Å². The first kappa shape index (κ1) is 17.3. The number of phenols is 1. The molecule has 0 spiro atoms. The predicted octanol–water partition coefficient (Wildman–Crippen LogP) is 5.53. The van der Waals surface area contributed by atoms with Gasteiger partial charge in [0.25, 0.3) is 0 Å². The quantitative estimate of drug-likeness (QED) is 0.529. The molecule has 3 rings (SSSR count). The molecule has 2 aromatic carbocycles. The number of aromatic amines is 1. The van der Waals surface area contributed by atoms with Crippen molar-refractivity contribution in [2.75, 3.05) is 0 Å². The molecule has 0 aliphatic rings. The van der Waals surface area contributed by atoms with Gasteiger partial charge in [-0.2, -0.15) is 15.4 Å². The Bertz CT molecular complexity index is 814. The number of hydrogen-bond acceptors (Lipinski definition) is 4. The van der Waals surface area contributed by atoms with Crippen molar-refractivity contribution >= 4 is 11.0 Å². The fourth-order valence-electron chi connectivity index (χ4n) is 3.26. The number of hydrogen-bond donors (Lipinski definition) is 2. The molecule has 1 unspecified atom stereocenters. The van der Waals surface area contributed by atoms with Gasteiger partial charge in [-0.15, -0.1) is 0 Å². The highest BCUT2D eigenvalue weighted by molar-refractivity contribution is 5.85. The normalized spacial score (nSPS) is 12.4. The lowest BCUT2D eigenvalue weighted by Gasteiger charge is -2.20. The van der Waals surface area contributed by atoms with E-state index in [9.17, 15) is 5.11 Å². The molecule has 1 atom stereocenters. The van der Waals surface area contributed by atoms with E-state index in [1.807, 2.05) is 30.3 Å². The maximum atomic E-state index is 10.7. The van der Waals surface area contributed by atoms with Crippen LogP contribution < -0.4 is 4.74 Å². The first-order chi connectivity index (χ1) is 12.2. The van der Waals surface area contributed by atoms with Gasteiger partial charge in [0.15, 0.2) is 11.3 Å². The Balaban J connectivity index is 2.05. The minimum Gasteiger partial charge on any atom is -0.507 e. The van der Waals surface area contributed by atoms with Gasteiger partial charge < -0.3 is 9.84 Å². The summed E-state index contributed by atoms with van der Waals surface area (Å²) in [4.78, 5) is 0. The molecule has 0 aliphatic carbocycles. The third-order valence-electron chi connectivity index (χ3n) is 4.60. The highest BCUT2D eigenvalue weighted by atomic mass is 16.5. The van der Waals surface area contributed by atoms with Crippen LogP contribution >= 0.6 is 0 Å². The summed E-state index contributed by atoms with van der Waals surface area (Å²) in [5.41, 5.74) is 2.10. The average Bonchev–Trinajstić information content (AvgIpc) is 3.09. The highest BCUT2D eigenvalue weighted by Gasteiger charge is 2.24. The molecule has 0 bridgehead atoms. The van der Waals surface area contributed by atoms with Gasteiger partial charge in [-0.05, 0) is 30.9 Å². The second-order valence-electron chi connectivity index (χ2n) is 6.35. The standard InChI is InChI=1S/C20H25N3O2/c1-3-5-7-10-14(4-2)18-17(24)13-16-19(22-23-21-16)20(18)25-15-11-8-6-9-12-15/h6,8-9,11-14,24H,3-5,7,10H2,1-2H3,(H,21,22,23). The molecule has 2 N–H and O–H groups in total. The molecule has 3 aromatic rings. The zero-order chi connectivity index (χ0) is 17.6. The van der Waals surface area contributed by atoms with E-state index in [4.69, 9.17) is 4.74 Å². The van der Waals surface area contributed by atoms with Crippen LogP contribution in [-0.4, -0.2) is 20.5 Å². The third-order valence-corrected chi connectivity index (χ3v) is 4.60. The number of rotatable bonds is 8. The number of unbranched alkanes of at least 4 members (excludes halogenated alkanes) is 2. The number of para-hydroxylation sites is 1. The van der Waals surface area contributed by atoms with Gasteiger partial charge in [0, 0.05) is 11.6 Å². The fraction of sp³-hybridized carbons (Fsp3) is 0.400. The van der Waals surface area contributed by atoms with E-state index >= 15 is 0 Å². The Morgan fingerprint density at radius 1 is 1.12 bits per heavy atom. The Labute approximate surface area is 148 Å². The summed E-state index contributed by atoms with van der Waals surface area (Å²) in [5, 5.41) is 21.7. The molecule has 1 aromatic heterocycles. The zero-order valence-corrected chi connectivity index (χ0v) is 14.8. The average molecular weight is 339 g/mol. The van der Waals surface area contributed by atoms with Gasteiger partial charge in [0.2, 0.25) is 0 Å². The number of nitrogens with zero attached hydrogens (tertiary/aromatic N) is 2. The number of phenolic OH excluding ortho intramolecular Hbond substituents is 1. The molecule has 0 fully saturated rings. The minimum atomic E-state index is 0.228. The molecule has 0 saturated carbocycles. The van der Waals surface area contributed by atoms with Crippen molar-refractivity contribution < 1.29 is 9.84 Å². The van der Waals surface area contributed by atoms with Crippen LogP contribution in [0.3, 0.4) is 0 Å². The summed E-state index contributed by atoms with van der Waals surface area (Å²) >= 11 is 0. The Hall–Kier alpha value is -2.56. The molecule has 1 heterocycles. The van der Waals surface area contributed by atoms with Gasteiger partial charge >= 0.3 is 0 Å². The Morgan fingerprint density at radius 2 is 1.92 bits per heavy atom. The molecule has 25 heavy (non-hydrogen) atoms. The summed E-state index contributed by atoms with van der Waals surface area (Å²) in [6.45, 7) is 4.35. The van der Waals surface area contributed by atoms with E-state index < -0.39 is 0 Å². The zero-order valence-electron chi connectivity index (χ0n) is 14.8. The van der Waals surface area contributed by atoms with E-state index in [2.05, 4.69) is 29.3 Å². The largest absolute Gasteiger partial charge is 0.507 e. The Kier molecular flexibility index (Phi) is 5.53. The molecule has 5 heteroatoms. The SMILES string of the molecule is CCCCCC(CC)c1c(O)cc2n[nH]nc2c1Oc1ccccc1. The molecule has 0 radical (unpaired) electrons. The smallest absolute Gasteiger partial charge is 0.164 e. The van der Waals surface area contributed by atoms with Gasteiger partial charge in [-0.1, -0.05) is 51.3 Å². The second kappa shape index (κ2) is 8.01. The van der Waals surface area contributed by atoms with Crippen molar-refractivity contribution in [1.29, 1.82) is 0 Å². The van der Waals surface area contributed by atoms with Gasteiger partial charge in [-0.3, -0.25) is 0 Å². The van der Waals surface area contributed by atoms with Gasteiger partial charge in [-0.25, -0.2) is 0 Å². The molecule has 132 valence electrons. The predicted molar refractivity (Wildman–Crippen MR) is 99.2 cm³/mol. The number of H-pyrrole nitrogens is 1. The number of fused-ring (bicyclic) bond motifs is 1. The minimum absolute atomic E-state index is 0.228. The summed E-state index contributed by atoms with van der Waals surface area (Å²) in [6, 6.07) is 11.3. The highest BCUT2D eigenvalue weighted by Crippen LogP contribution is 2.44. The monoisotopic (exact) mass is 339 g/mol. The lowest BCUT2D eigenvalue weighted by Crippen LogP contribution is -2.02. The van der Waals surface area contributed by atoms with Crippen LogP contribution in [0.25, 0.3) is 11.0 Å². The summed E-state index contributed by atoms with van der Waals surface area (Å²) in [7, 11) is 0. The van der Waals surface area contributed by atoms with Crippen LogP contribution in [-0.2, 0) is 0 Å². The van der Waals surface area contributed by atoms with Crippen molar-refractivity contribution in [3.63, 3.8) is 0 Å². The lowest BCUT2D eigenvalue weighted by molar-refractivity contribution is 0.426.